The summed E-state index contributed by atoms with van der Waals surface area (Å²) in [7, 11) is 0. The summed E-state index contributed by atoms with van der Waals surface area (Å²) in [5.74, 6) is 0.546. The number of likely N-dealkylation sites (tertiary alicyclic amines) is 1. The summed E-state index contributed by atoms with van der Waals surface area (Å²) < 4.78 is 5.55. The first-order valence-electron chi connectivity index (χ1n) is 8.15. The van der Waals surface area contributed by atoms with Gasteiger partial charge in [0.1, 0.15) is 11.8 Å². The van der Waals surface area contributed by atoms with Crippen LogP contribution in [0.5, 0.6) is 0 Å². The van der Waals surface area contributed by atoms with E-state index in [1.807, 2.05) is 11.0 Å². The fraction of sp³-hybridized carbons (Fsp3) is 0.529. The fourth-order valence-corrected chi connectivity index (χ4v) is 3.61. The van der Waals surface area contributed by atoms with Crippen LogP contribution in [-0.4, -0.2) is 46.6 Å². The quantitative estimate of drug-likeness (QED) is 0.926. The molecule has 2 aromatic rings. The lowest BCUT2D eigenvalue weighted by molar-refractivity contribution is -0.142. The van der Waals surface area contributed by atoms with Gasteiger partial charge in [0.2, 0.25) is 0 Å². The molecule has 2 atom stereocenters. The van der Waals surface area contributed by atoms with Crippen molar-refractivity contribution in [2.45, 2.75) is 37.7 Å². The number of carbonyl (C=O) groups is 1. The molecule has 2 aromatic heterocycles. The molecule has 116 valence electrons. The predicted octanol–water partition coefficient (Wildman–Crippen LogP) is 2.45. The standard InChI is InChI=1S/C17H21N3O2/c21-17(15-6-3-9-22-15)20-8-2-5-13(11-20)14-10-12-4-1-7-18-16(12)19-14/h1,4,7,10,13,15H,2-3,5-6,8-9,11H2,(H,18,19)/t13-,15-/m1/s1. The van der Waals surface area contributed by atoms with E-state index in [9.17, 15) is 4.79 Å². The molecule has 2 saturated heterocycles. The summed E-state index contributed by atoms with van der Waals surface area (Å²) in [5, 5.41) is 1.14. The third kappa shape index (κ3) is 2.50. The molecule has 1 N–H and O–H groups in total. The van der Waals surface area contributed by atoms with Crippen molar-refractivity contribution in [3.8, 4) is 0 Å². The van der Waals surface area contributed by atoms with Gasteiger partial charge >= 0.3 is 0 Å². The van der Waals surface area contributed by atoms with Gasteiger partial charge < -0.3 is 14.6 Å². The molecule has 0 aliphatic carbocycles. The van der Waals surface area contributed by atoms with Crippen LogP contribution in [0.4, 0.5) is 0 Å². The second kappa shape index (κ2) is 5.72. The number of amides is 1. The molecule has 5 heteroatoms. The summed E-state index contributed by atoms with van der Waals surface area (Å²) in [6, 6.07) is 6.20. The Kier molecular flexibility index (Phi) is 3.58. The average Bonchev–Trinajstić information content (AvgIpc) is 3.23. The van der Waals surface area contributed by atoms with Crippen molar-refractivity contribution in [2.24, 2.45) is 0 Å². The molecule has 5 nitrogen and oxygen atoms in total. The topological polar surface area (TPSA) is 58.2 Å². The van der Waals surface area contributed by atoms with E-state index in [4.69, 9.17) is 4.74 Å². The molecule has 1 amide bonds. The minimum atomic E-state index is -0.205. The van der Waals surface area contributed by atoms with Gasteiger partial charge in [0.15, 0.2) is 0 Å². The summed E-state index contributed by atoms with van der Waals surface area (Å²) in [6.45, 7) is 2.36. The first-order valence-corrected chi connectivity index (χ1v) is 8.15. The normalized spacial score (nSPS) is 25.7. The number of aromatic amines is 1. The van der Waals surface area contributed by atoms with Crippen molar-refractivity contribution >= 4 is 16.9 Å². The van der Waals surface area contributed by atoms with Gasteiger partial charge in [-0.25, -0.2) is 4.98 Å². The SMILES string of the molecule is O=C([C@H]1CCCO1)N1CCC[C@@H](c2cc3cccnc3[nH]2)C1. The number of H-pyrrole nitrogens is 1. The summed E-state index contributed by atoms with van der Waals surface area (Å²) in [6.07, 6.45) is 5.63. The van der Waals surface area contributed by atoms with Crippen molar-refractivity contribution in [1.29, 1.82) is 0 Å². The van der Waals surface area contributed by atoms with Crippen LogP contribution >= 0.6 is 0 Å². The number of rotatable bonds is 2. The van der Waals surface area contributed by atoms with Crippen molar-refractivity contribution in [2.75, 3.05) is 19.7 Å². The maximum absolute atomic E-state index is 12.5. The Bertz CT molecular complexity index is 642. The molecule has 22 heavy (non-hydrogen) atoms. The Hall–Kier alpha value is -1.88. The number of pyridine rings is 1. The number of piperidine rings is 1. The number of nitrogens with one attached hydrogen (secondary N) is 1. The van der Waals surface area contributed by atoms with Crippen LogP contribution < -0.4 is 0 Å². The van der Waals surface area contributed by atoms with Crippen LogP contribution in [0.15, 0.2) is 24.4 Å². The smallest absolute Gasteiger partial charge is 0.251 e. The van der Waals surface area contributed by atoms with Crippen LogP contribution in [-0.2, 0) is 9.53 Å². The van der Waals surface area contributed by atoms with Gasteiger partial charge in [0, 0.05) is 42.9 Å². The number of hydrogen-bond donors (Lipinski definition) is 1. The van der Waals surface area contributed by atoms with Crippen molar-refractivity contribution in [1.82, 2.24) is 14.9 Å². The van der Waals surface area contributed by atoms with E-state index in [1.54, 1.807) is 6.20 Å². The highest BCUT2D eigenvalue weighted by Crippen LogP contribution is 2.29. The minimum absolute atomic E-state index is 0.177. The second-order valence-corrected chi connectivity index (χ2v) is 6.29. The van der Waals surface area contributed by atoms with Gasteiger partial charge in [-0.3, -0.25) is 4.79 Å². The zero-order valence-electron chi connectivity index (χ0n) is 12.6. The van der Waals surface area contributed by atoms with E-state index in [0.717, 1.165) is 56.4 Å². The third-order valence-electron chi connectivity index (χ3n) is 4.79. The zero-order valence-corrected chi connectivity index (χ0v) is 12.6. The Morgan fingerprint density at radius 3 is 3.14 bits per heavy atom. The number of ether oxygens (including phenoxy) is 1. The number of fused-ring (bicyclic) bond motifs is 1. The summed E-state index contributed by atoms with van der Waals surface area (Å²) in [4.78, 5) is 22.3. The summed E-state index contributed by atoms with van der Waals surface area (Å²) >= 11 is 0. The maximum atomic E-state index is 12.5. The van der Waals surface area contributed by atoms with E-state index in [2.05, 4.69) is 22.1 Å². The molecule has 4 rings (SSSR count). The third-order valence-corrected chi connectivity index (χ3v) is 4.79. The molecule has 0 aromatic carbocycles. The minimum Gasteiger partial charge on any atom is -0.368 e. The lowest BCUT2D eigenvalue weighted by Crippen LogP contribution is -2.44. The lowest BCUT2D eigenvalue weighted by Gasteiger charge is -2.33. The molecule has 0 saturated carbocycles. The van der Waals surface area contributed by atoms with Crippen molar-refractivity contribution < 1.29 is 9.53 Å². The Labute approximate surface area is 129 Å². The molecule has 2 aliphatic rings. The maximum Gasteiger partial charge on any atom is 0.251 e. The average molecular weight is 299 g/mol. The van der Waals surface area contributed by atoms with E-state index < -0.39 is 0 Å². The Morgan fingerprint density at radius 1 is 1.36 bits per heavy atom. The molecule has 0 spiro atoms. The number of aromatic nitrogens is 2. The van der Waals surface area contributed by atoms with E-state index in [1.165, 1.54) is 5.69 Å². The fourth-order valence-electron chi connectivity index (χ4n) is 3.61. The molecular formula is C17H21N3O2. The second-order valence-electron chi connectivity index (χ2n) is 6.29. The van der Waals surface area contributed by atoms with Gasteiger partial charge in [-0.1, -0.05) is 0 Å². The zero-order chi connectivity index (χ0) is 14.9. The van der Waals surface area contributed by atoms with Gasteiger partial charge in [0.05, 0.1) is 0 Å². The summed E-state index contributed by atoms with van der Waals surface area (Å²) in [5.41, 5.74) is 2.12. The van der Waals surface area contributed by atoms with Gasteiger partial charge in [-0.2, -0.15) is 0 Å². The molecule has 0 unspecified atom stereocenters. The monoisotopic (exact) mass is 299 g/mol. The van der Waals surface area contributed by atoms with Crippen molar-refractivity contribution in [3.05, 3.63) is 30.1 Å². The molecule has 0 bridgehead atoms. The molecule has 2 fully saturated rings. The Balaban J connectivity index is 1.51. The highest BCUT2D eigenvalue weighted by molar-refractivity contribution is 5.81. The molecule has 0 radical (unpaired) electrons. The van der Waals surface area contributed by atoms with Gasteiger partial charge in [0.25, 0.3) is 5.91 Å². The largest absolute Gasteiger partial charge is 0.368 e. The van der Waals surface area contributed by atoms with E-state index >= 15 is 0 Å². The van der Waals surface area contributed by atoms with E-state index in [-0.39, 0.29) is 12.0 Å². The molecule has 2 aliphatic heterocycles. The van der Waals surface area contributed by atoms with E-state index in [0.29, 0.717) is 5.92 Å². The highest BCUT2D eigenvalue weighted by Gasteiger charge is 2.32. The highest BCUT2D eigenvalue weighted by atomic mass is 16.5. The lowest BCUT2D eigenvalue weighted by atomic mass is 9.94. The first-order chi connectivity index (χ1) is 10.8. The van der Waals surface area contributed by atoms with Crippen LogP contribution in [0.25, 0.3) is 11.0 Å². The number of nitrogens with zero attached hydrogens (tertiary/aromatic N) is 2. The number of hydrogen-bond acceptors (Lipinski definition) is 3. The van der Waals surface area contributed by atoms with Gasteiger partial charge in [-0.15, -0.1) is 0 Å². The first kappa shape index (κ1) is 13.8. The molecular weight excluding hydrogens is 278 g/mol. The van der Waals surface area contributed by atoms with Crippen LogP contribution in [0.3, 0.4) is 0 Å². The number of carbonyl (C=O) groups excluding carboxylic acids is 1. The van der Waals surface area contributed by atoms with Crippen molar-refractivity contribution in [3.63, 3.8) is 0 Å². The van der Waals surface area contributed by atoms with Crippen LogP contribution in [0.2, 0.25) is 0 Å². The van der Waals surface area contributed by atoms with Crippen LogP contribution in [0, 0.1) is 0 Å². The predicted molar refractivity (Wildman–Crippen MR) is 83.6 cm³/mol. The molecule has 4 heterocycles. The Morgan fingerprint density at radius 2 is 2.32 bits per heavy atom. The van der Waals surface area contributed by atoms with Gasteiger partial charge in [-0.05, 0) is 43.9 Å². The van der Waals surface area contributed by atoms with Crippen LogP contribution in [0.1, 0.15) is 37.3 Å².